The number of urea groups is 1. The number of aromatic hydroxyl groups is 1. The average Bonchev–Trinajstić information content (AvgIpc) is 2.94. The van der Waals surface area contributed by atoms with E-state index in [1.807, 2.05) is 72.7 Å². The molecule has 0 aromatic heterocycles. The van der Waals surface area contributed by atoms with Crippen LogP contribution < -0.4 is 10.6 Å². The highest BCUT2D eigenvalue weighted by molar-refractivity contribution is 6.16. The number of phenolic OH excluding ortho intramolecular Hbond substituents is 1. The molecule has 3 rings (SSSR count). The molecule has 0 aliphatic carbocycles. The molecule has 34 heavy (non-hydrogen) atoms. The molecule has 180 valence electrons. The zero-order chi connectivity index (χ0) is 25.4. The quantitative estimate of drug-likeness (QED) is 0.447. The van der Waals surface area contributed by atoms with Crippen molar-refractivity contribution in [1.82, 2.24) is 10.2 Å². The van der Waals surface area contributed by atoms with Crippen molar-refractivity contribution >= 4 is 29.6 Å². The predicted molar refractivity (Wildman–Crippen MR) is 134 cm³/mol. The molecular formula is C27H33N3O4. The normalized spacial score (nSPS) is 15.6. The van der Waals surface area contributed by atoms with E-state index in [1.54, 1.807) is 18.2 Å². The van der Waals surface area contributed by atoms with E-state index >= 15 is 0 Å². The van der Waals surface area contributed by atoms with Gasteiger partial charge in [0, 0.05) is 16.8 Å². The fraction of sp³-hybridized carbons (Fsp3) is 0.370. The minimum atomic E-state index is -0.651. The van der Waals surface area contributed by atoms with E-state index < -0.39 is 24.4 Å². The molecule has 1 aliphatic rings. The van der Waals surface area contributed by atoms with Crippen molar-refractivity contribution in [2.45, 2.75) is 59.3 Å². The van der Waals surface area contributed by atoms with Gasteiger partial charge in [-0.25, -0.2) is 9.69 Å². The number of carbonyl (C=O) groups excluding carboxylic acids is 3. The van der Waals surface area contributed by atoms with Crippen molar-refractivity contribution in [3.8, 4) is 5.75 Å². The molecule has 1 fully saturated rings. The molecule has 4 amide bonds. The molecular weight excluding hydrogens is 430 g/mol. The number of amides is 4. The lowest BCUT2D eigenvalue weighted by Crippen LogP contribution is -2.38. The van der Waals surface area contributed by atoms with Crippen molar-refractivity contribution in [3.05, 3.63) is 64.3 Å². The Labute approximate surface area is 200 Å². The third kappa shape index (κ3) is 5.47. The van der Waals surface area contributed by atoms with Crippen LogP contribution in [0.25, 0.3) is 6.08 Å². The molecule has 2 aromatic carbocycles. The number of nitrogens with one attached hydrogen (secondary N) is 2. The zero-order valence-corrected chi connectivity index (χ0v) is 20.9. The van der Waals surface area contributed by atoms with Gasteiger partial charge < -0.3 is 15.7 Å². The van der Waals surface area contributed by atoms with E-state index in [9.17, 15) is 19.5 Å². The van der Waals surface area contributed by atoms with Crippen molar-refractivity contribution in [2.75, 3.05) is 11.9 Å². The highest BCUT2D eigenvalue weighted by Gasteiger charge is 2.35. The summed E-state index contributed by atoms with van der Waals surface area (Å²) in [6.45, 7) is 13.5. The summed E-state index contributed by atoms with van der Waals surface area (Å²) in [6, 6.07) is 10.3. The van der Waals surface area contributed by atoms with Gasteiger partial charge in [-0.05, 0) is 59.2 Å². The van der Waals surface area contributed by atoms with E-state index in [1.165, 1.54) is 0 Å². The van der Waals surface area contributed by atoms with Gasteiger partial charge in [0.15, 0.2) is 0 Å². The lowest BCUT2D eigenvalue weighted by molar-refractivity contribution is -0.127. The largest absolute Gasteiger partial charge is 0.507 e. The summed E-state index contributed by atoms with van der Waals surface area (Å²) in [5, 5.41) is 16.2. The zero-order valence-electron chi connectivity index (χ0n) is 20.9. The Hall–Kier alpha value is -3.61. The molecule has 0 atom stereocenters. The van der Waals surface area contributed by atoms with Crippen LogP contribution in [0.15, 0.2) is 42.1 Å². The van der Waals surface area contributed by atoms with Crippen molar-refractivity contribution in [2.24, 2.45) is 0 Å². The second-order valence-electron chi connectivity index (χ2n) is 10.8. The molecule has 1 saturated heterocycles. The third-order valence-corrected chi connectivity index (χ3v) is 5.63. The number of nitrogens with zero attached hydrogens (tertiary/aromatic N) is 1. The number of rotatable bonds is 4. The fourth-order valence-corrected chi connectivity index (χ4v) is 3.83. The number of imide groups is 1. The van der Waals surface area contributed by atoms with Gasteiger partial charge in [0.25, 0.3) is 5.91 Å². The van der Waals surface area contributed by atoms with Crippen LogP contribution in [0, 0.1) is 6.92 Å². The van der Waals surface area contributed by atoms with E-state index in [-0.39, 0.29) is 22.3 Å². The molecule has 0 saturated carbocycles. The van der Waals surface area contributed by atoms with Gasteiger partial charge in [-0.3, -0.25) is 9.59 Å². The second kappa shape index (κ2) is 8.97. The molecule has 0 spiro atoms. The first kappa shape index (κ1) is 25.0. The predicted octanol–water partition coefficient (Wildman–Crippen LogP) is 4.83. The maximum Gasteiger partial charge on any atom is 0.329 e. The molecule has 1 aliphatic heterocycles. The van der Waals surface area contributed by atoms with E-state index in [0.717, 1.165) is 21.6 Å². The fourth-order valence-electron chi connectivity index (χ4n) is 3.83. The summed E-state index contributed by atoms with van der Waals surface area (Å²) in [7, 11) is 0. The van der Waals surface area contributed by atoms with Crippen LogP contribution in [-0.2, 0) is 20.4 Å². The van der Waals surface area contributed by atoms with Crippen LogP contribution in [0.2, 0.25) is 0 Å². The summed E-state index contributed by atoms with van der Waals surface area (Å²) < 4.78 is 0. The first-order chi connectivity index (χ1) is 15.7. The van der Waals surface area contributed by atoms with Crippen LogP contribution >= 0.6 is 0 Å². The third-order valence-electron chi connectivity index (χ3n) is 5.63. The number of hydrogen-bond acceptors (Lipinski definition) is 4. The highest BCUT2D eigenvalue weighted by Crippen LogP contribution is 2.40. The maximum atomic E-state index is 12.9. The highest BCUT2D eigenvalue weighted by atomic mass is 16.3. The second-order valence-corrected chi connectivity index (χ2v) is 10.8. The van der Waals surface area contributed by atoms with Gasteiger partial charge in [0.2, 0.25) is 5.91 Å². The van der Waals surface area contributed by atoms with Gasteiger partial charge in [-0.15, -0.1) is 0 Å². The molecule has 0 bridgehead atoms. The lowest BCUT2D eigenvalue weighted by Gasteiger charge is -2.28. The Morgan fingerprint density at radius 1 is 1.03 bits per heavy atom. The molecule has 1 heterocycles. The van der Waals surface area contributed by atoms with Crippen LogP contribution in [0.3, 0.4) is 0 Å². The van der Waals surface area contributed by atoms with Gasteiger partial charge >= 0.3 is 6.03 Å². The SMILES string of the molecule is Cc1cccc(NC(=O)CN2C(=O)N/C(=C/c3cc(C(C)(C)C)c(O)c(C(C)(C)C)c3)C2=O)c1. The summed E-state index contributed by atoms with van der Waals surface area (Å²) in [4.78, 5) is 38.7. The Morgan fingerprint density at radius 3 is 2.15 bits per heavy atom. The number of hydrogen-bond donors (Lipinski definition) is 3. The van der Waals surface area contributed by atoms with Crippen LogP contribution in [0.4, 0.5) is 10.5 Å². The summed E-state index contributed by atoms with van der Waals surface area (Å²) in [6.07, 6.45) is 1.59. The van der Waals surface area contributed by atoms with E-state index in [2.05, 4.69) is 10.6 Å². The monoisotopic (exact) mass is 463 g/mol. The van der Waals surface area contributed by atoms with Crippen LogP contribution in [-0.4, -0.2) is 34.4 Å². The molecule has 0 radical (unpaired) electrons. The Balaban J connectivity index is 1.88. The van der Waals surface area contributed by atoms with Gasteiger partial charge in [0.1, 0.15) is 18.0 Å². The Kier molecular flexibility index (Phi) is 6.60. The Morgan fingerprint density at radius 2 is 1.62 bits per heavy atom. The van der Waals surface area contributed by atoms with Gasteiger partial charge in [-0.2, -0.15) is 0 Å². The molecule has 0 unspecified atom stereocenters. The smallest absolute Gasteiger partial charge is 0.329 e. The number of anilines is 1. The number of aryl methyl sites for hydroxylation is 1. The molecule has 7 heteroatoms. The maximum absolute atomic E-state index is 12.9. The molecule has 7 nitrogen and oxygen atoms in total. The number of benzene rings is 2. The first-order valence-corrected chi connectivity index (χ1v) is 11.3. The van der Waals surface area contributed by atoms with E-state index in [0.29, 0.717) is 11.3 Å². The Bertz CT molecular complexity index is 1150. The van der Waals surface area contributed by atoms with Crippen molar-refractivity contribution in [3.63, 3.8) is 0 Å². The summed E-state index contributed by atoms with van der Waals surface area (Å²) in [5.41, 5.74) is 3.18. The standard InChI is InChI=1S/C27H33N3O4/c1-16-9-8-10-18(11-16)28-22(31)15-30-24(33)21(29-25(30)34)14-17-12-19(26(2,3)4)23(32)20(13-17)27(5,6)7/h8-14,32H,15H2,1-7H3,(H,28,31)(H,29,34)/b21-14+. The average molecular weight is 464 g/mol. The summed E-state index contributed by atoms with van der Waals surface area (Å²) in [5.74, 6) is -0.810. The van der Waals surface area contributed by atoms with E-state index in [4.69, 9.17) is 0 Å². The minimum absolute atomic E-state index is 0.0822. The summed E-state index contributed by atoms with van der Waals surface area (Å²) >= 11 is 0. The van der Waals surface area contributed by atoms with Crippen molar-refractivity contribution < 1.29 is 19.5 Å². The molecule has 3 N–H and O–H groups in total. The first-order valence-electron chi connectivity index (χ1n) is 11.3. The van der Waals surface area contributed by atoms with Crippen molar-refractivity contribution in [1.29, 1.82) is 0 Å². The van der Waals surface area contributed by atoms with Crippen LogP contribution in [0.1, 0.15) is 63.8 Å². The van der Waals surface area contributed by atoms with Gasteiger partial charge in [-0.1, -0.05) is 53.7 Å². The minimum Gasteiger partial charge on any atom is -0.507 e. The lowest BCUT2D eigenvalue weighted by atomic mass is 9.78. The topological polar surface area (TPSA) is 98.7 Å². The molecule has 2 aromatic rings. The van der Waals surface area contributed by atoms with Gasteiger partial charge in [0.05, 0.1) is 0 Å². The number of carbonyl (C=O) groups is 3. The van der Waals surface area contributed by atoms with Crippen LogP contribution in [0.5, 0.6) is 5.75 Å². The number of phenols is 1.